The van der Waals surface area contributed by atoms with Gasteiger partial charge in [0.1, 0.15) is 0 Å². The Kier molecular flexibility index (Phi) is 6.27. The van der Waals surface area contributed by atoms with Crippen molar-refractivity contribution in [2.45, 2.75) is 32.3 Å². The summed E-state index contributed by atoms with van der Waals surface area (Å²) in [6.45, 7) is 3.01. The largest absolute Gasteiger partial charge is 0.481 e. The monoisotopic (exact) mass is 273 g/mol. The van der Waals surface area contributed by atoms with Gasteiger partial charge in [-0.2, -0.15) is 0 Å². The third-order valence-corrected chi connectivity index (χ3v) is 2.74. The Morgan fingerprint density at radius 1 is 1.37 bits per heavy atom. The number of carbonyl (C=O) groups is 3. The molecule has 0 spiro atoms. The van der Waals surface area contributed by atoms with Crippen LogP contribution in [0.5, 0.6) is 0 Å². The molecule has 0 aliphatic carbocycles. The van der Waals surface area contributed by atoms with Crippen molar-refractivity contribution >= 4 is 17.8 Å². The number of carboxylic acid groups (broad SMARTS) is 1. The Balaban J connectivity index is 2.35. The second-order valence-corrected chi connectivity index (χ2v) is 4.24. The van der Waals surface area contributed by atoms with Gasteiger partial charge in [0.05, 0.1) is 32.2 Å². The van der Waals surface area contributed by atoms with Crippen molar-refractivity contribution < 1.29 is 29.0 Å². The van der Waals surface area contributed by atoms with E-state index in [1.54, 1.807) is 6.92 Å². The molecule has 0 aromatic rings. The van der Waals surface area contributed by atoms with Crippen LogP contribution in [0.1, 0.15) is 26.2 Å². The van der Waals surface area contributed by atoms with E-state index in [-0.39, 0.29) is 31.7 Å². The van der Waals surface area contributed by atoms with E-state index in [1.807, 2.05) is 0 Å². The number of hydrogen-bond donors (Lipinski definition) is 1. The number of amides is 1. The van der Waals surface area contributed by atoms with Gasteiger partial charge in [0.25, 0.3) is 0 Å². The summed E-state index contributed by atoms with van der Waals surface area (Å²) < 4.78 is 10.0. The van der Waals surface area contributed by atoms with Gasteiger partial charge >= 0.3 is 11.9 Å². The predicted molar refractivity (Wildman–Crippen MR) is 64.4 cm³/mol. The summed E-state index contributed by atoms with van der Waals surface area (Å²) >= 11 is 0. The standard InChI is InChI=1S/C12H19NO6/c1-2-18-12(17)4-3-10(14)13-5-6-19-9(8-13)7-11(15)16/h9H,2-8H2,1H3,(H,15,16). The number of hydrogen-bond acceptors (Lipinski definition) is 5. The van der Waals surface area contributed by atoms with Crippen molar-refractivity contribution in [3.63, 3.8) is 0 Å². The fourth-order valence-electron chi connectivity index (χ4n) is 1.86. The lowest BCUT2D eigenvalue weighted by molar-refractivity contribution is -0.149. The highest BCUT2D eigenvalue weighted by Gasteiger charge is 2.26. The lowest BCUT2D eigenvalue weighted by Gasteiger charge is -2.32. The number of nitrogens with zero attached hydrogens (tertiary/aromatic N) is 1. The van der Waals surface area contributed by atoms with Gasteiger partial charge in [0.15, 0.2) is 0 Å². The lowest BCUT2D eigenvalue weighted by atomic mass is 10.2. The van der Waals surface area contributed by atoms with Gasteiger partial charge in [-0.05, 0) is 6.92 Å². The number of esters is 1. The third-order valence-electron chi connectivity index (χ3n) is 2.74. The lowest BCUT2D eigenvalue weighted by Crippen LogP contribution is -2.46. The fraction of sp³-hybridized carbons (Fsp3) is 0.750. The van der Waals surface area contributed by atoms with Gasteiger partial charge in [-0.15, -0.1) is 0 Å². The first-order valence-corrected chi connectivity index (χ1v) is 6.29. The quantitative estimate of drug-likeness (QED) is 0.686. The van der Waals surface area contributed by atoms with E-state index in [0.29, 0.717) is 19.8 Å². The molecule has 0 aromatic carbocycles. The summed E-state index contributed by atoms with van der Waals surface area (Å²) in [7, 11) is 0. The van der Waals surface area contributed by atoms with E-state index in [1.165, 1.54) is 4.90 Å². The molecule has 1 N–H and O–H groups in total. The summed E-state index contributed by atoms with van der Waals surface area (Å²) in [6, 6.07) is 0. The van der Waals surface area contributed by atoms with E-state index in [0.717, 1.165) is 0 Å². The van der Waals surface area contributed by atoms with Gasteiger partial charge in [0, 0.05) is 19.5 Å². The molecule has 7 heteroatoms. The van der Waals surface area contributed by atoms with Crippen LogP contribution in [0.4, 0.5) is 0 Å². The molecule has 1 aliphatic heterocycles. The smallest absolute Gasteiger partial charge is 0.306 e. The van der Waals surface area contributed by atoms with Gasteiger partial charge in [-0.25, -0.2) is 0 Å². The zero-order chi connectivity index (χ0) is 14.3. The predicted octanol–water partition coefficient (Wildman–Crippen LogP) is 0.0318. The molecule has 1 amide bonds. The zero-order valence-electron chi connectivity index (χ0n) is 11.0. The molecule has 1 unspecified atom stereocenters. The van der Waals surface area contributed by atoms with Crippen LogP contribution in [0.25, 0.3) is 0 Å². The highest BCUT2D eigenvalue weighted by molar-refractivity contribution is 5.81. The van der Waals surface area contributed by atoms with E-state index >= 15 is 0 Å². The Morgan fingerprint density at radius 3 is 2.74 bits per heavy atom. The van der Waals surface area contributed by atoms with Crippen LogP contribution in [-0.4, -0.2) is 60.3 Å². The van der Waals surface area contributed by atoms with Crippen LogP contribution in [0.3, 0.4) is 0 Å². The zero-order valence-corrected chi connectivity index (χ0v) is 11.0. The van der Waals surface area contributed by atoms with Gasteiger partial charge in [-0.1, -0.05) is 0 Å². The first-order valence-electron chi connectivity index (χ1n) is 6.29. The Morgan fingerprint density at radius 2 is 2.11 bits per heavy atom. The maximum Gasteiger partial charge on any atom is 0.306 e. The van der Waals surface area contributed by atoms with Crippen molar-refractivity contribution in [1.29, 1.82) is 0 Å². The molecule has 1 saturated heterocycles. The molecular formula is C12H19NO6. The maximum atomic E-state index is 11.9. The number of aliphatic carboxylic acids is 1. The minimum Gasteiger partial charge on any atom is -0.481 e. The molecule has 7 nitrogen and oxygen atoms in total. The summed E-state index contributed by atoms with van der Waals surface area (Å²) in [6.07, 6.45) is -0.466. The van der Waals surface area contributed by atoms with Crippen molar-refractivity contribution in [2.24, 2.45) is 0 Å². The van der Waals surface area contributed by atoms with Crippen molar-refractivity contribution in [3.05, 3.63) is 0 Å². The number of morpholine rings is 1. The van der Waals surface area contributed by atoms with Gasteiger partial charge in [-0.3, -0.25) is 14.4 Å². The van der Waals surface area contributed by atoms with Gasteiger partial charge < -0.3 is 19.5 Å². The van der Waals surface area contributed by atoms with E-state index in [2.05, 4.69) is 0 Å². The normalized spacial score (nSPS) is 19.0. The summed E-state index contributed by atoms with van der Waals surface area (Å²) in [4.78, 5) is 35.1. The highest BCUT2D eigenvalue weighted by atomic mass is 16.5. The molecule has 1 aliphatic rings. The molecule has 0 aromatic heterocycles. The molecule has 1 fully saturated rings. The van der Waals surface area contributed by atoms with Crippen LogP contribution >= 0.6 is 0 Å². The molecule has 0 radical (unpaired) electrons. The fourth-order valence-corrected chi connectivity index (χ4v) is 1.86. The second-order valence-electron chi connectivity index (χ2n) is 4.24. The van der Waals surface area contributed by atoms with Crippen LogP contribution < -0.4 is 0 Å². The first kappa shape index (κ1) is 15.4. The summed E-state index contributed by atoms with van der Waals surface area (Å²) in [5, 5.41) is 8.68. The highest BCUT2D eigenvalue weighted by Crippen LogP contribution is 2.11. The van der Waals surface area contributed by atoms with Crippen LogP contribution in [0.15, 0.2) is 0 Å². The number of rotatable bonds is 6. The van der Waals surface area contributed by atoms with Gasteiger partial charge in [0.2, 0.25) is 5.91 Å². The summed E-state index contributed by atoms with van der Waals surface area (Å²) in [5.74, 6) is -1.52. The van der Waals surface area contributed by atoms with Crippen molar-refractivity contribution in [1.82, 2.24) is 4.90 Å². The molecule has 0 saturated carbocycles. The molecule has 19 heavy (non-hydrogen) atoms. The van der Waals surface area contributed by atoms with Crippen molar-refractivity contribution in [2.75, 3.05) is 26.3 Å². The molecule has 1 rings (SSSR count). The van der Waals surface area contributed by atoms with Crippen LogP contribution in [-0.2, 0) is 23.9 Å². The number of carbonyl (C=O) groups excluding carboxylic acids is 2. The van der Waals surface area contributed by atoms with Crippen molar-refractivity contribution in [3.8, 4) is 0 Å². The molecule has 1 atom stereocenters. The Bertz CT molecular complexity index is 343. The SMILES string of the molecule is CCOC(=O)CCC(=O)N1CCOC(CC(=O)O)C1. The topological polar surface area (TPSA) is 93.1 Å². The average molecular weight is 273 g/mol. The second kappa shape index (κ2) is 7.73. The van der Waals surface area contributed by atoms with Crippen LogP contribution in [0, 0.1) is 0 Å². The Hall–Kier alpha value is -1.63. The third kappa shape index (κ3) is 5.69. The minimum atomic E-state index is -0.953. The first-order chi connectivity index (χ1) is 9.02. The Labute approximate surface area is 111 Å². The number of ether oxygens (including phenoxy) is 2. The summed E-state index contributed by atoms with van der Waals surface area (Å²) in [5.41, 5.74) is 0. The average Bonchev–Trinajstić information content (AvgIpc) is 2.36. The molecule has 0 bridgehead atoms. The molecule has 108 valence electrons. The van der Waals surface area contributed by atoms with Crippen LogP contribution in [0.2, 0.25) is 0 Å². The minimum absolute atomic E-state index is 0.0492. The van der Waals surface area contributed by atoms with E-state index < -0.39 is 18.0 Å². The molecule has 1 heterocycles. The van der Waals surface area contributed by atoms with E-state index in [9.17, 15) is 14.4 Å². The number of carboxylic acids is 1. The molecular weight excluding hydrogens is 254 g/mol. The van der Waals surface area contributed by atoms with E-state index in [4.69, 9.17) is 14.6 Å². The maximum absolute atomic E-state index is 11.9.